The topological polar surface area (TPSA) is 42.4 Å². The number of halogens is 1. The monoisotopic (exact) mass is 343 g/mol. The van der Waals surface area contributed by atoms with Crippen molar-refractivity contribution in [3.8, 4) is 5.75 Å². The Morgan fingerprint density at radius 3 is 2.87 bits per heavy atom. The van der Waals surface area contributed by atoms with Crippen molar-refractivity contribution in [3.05, 3.63) is 64.9 Å². The Bertz CT molecular complexity index is 870. The zero-order chi connectivity index (χ0) is 15.8. The Kier molecular flexibility index (Phi) is 3.89. The van der Waals surface area contributed by atoms with E-state index in [0.717, 1.165) is 32.7 Å². The van der Waals surface area contributed by atoms with E-state index in [1.807, 2.05) is 30.3 Å². The molecule has 5 heteroatoms. The first-order chi connectivity index (χ1) is 11.2. The van der Waals surface area contributed by atoms with E-state index in [-0.39, 0.29) is 0 Å². The summed E-state index contributed by atoms with van der Waals surface area (Å²) in [5, 5.41) is 12.5. The number of ether oxygens (including phenoxy) is 1. The molecule has 1 aliphatic heterocycles. The van der Waals surface area contributed by atoms with E-state index in [2.05, 4.69) is 17.1 Å². The maximum atomic E-state index is 10.1. The van der Waals surface area contributed by atoms with E-state index in [9.17, 15) is 5.11 Å². The number of aliphatic hydroxyl groups excluding tert-OH is 1. The minimum Gasteiger partial charge on any atom is -0.489 e. The molecular weight excluding hydrogens is 330 g/mol. The minimum atomic E-state index is -0.582. The summed E-state index contributed by atoms with van der Waals surface area (Å²) in [7, 11) is 0. The van der Waals surface area contributed by atoms with Crippen molar-refractivity contribution in [2.24, 2.45) is 0 Å². The Hall–Kier alpha value is -1.75. The predicted molar refractivity (Wildman–Crippen MR) is 93.2 cm³/mol. The summed E-state index contributed by atoms with van der Waals surface area (Å²) in [5.41, 5.74) is 2.08. The predicted octanol–water partition coefficient (Wildman–Crippen LogP) is 4.61. The van der Waals surface area contributed by atoms with Crippen LogP contribution in [-0.4, -0.2) is 16.7 Å². The van der Waals surface area contributed by atoms with Crippen LogP contribution in [-0.2, 0) is 5.75 Å². The van der Waals surface area contributed by atoms with E-state index >= 15 is 0 Å². The van der Waals surface area contributed by atoms with E-state index in [0.29, 0.717) is 11.8 Å². The summed E-state index contributed by atoms with van der Waals surface area (Å²) < 4.78 is 5.64. The third kappa shape index (κ3) is 2.78. The van der Waals surface area contributed by atoms with Crippen molar-refractivity contribution >= 4 is 34.1 Å². The van der Waals surface area contributed by atoms with Crippen LogP contribution in [0.25, 0.3) is 10.8 Å². The number of rotatable bonds is 3. The lowest BCUT2D eigenvalue weighted by atomic mass is 10.1. The first-order valence-corrected chi connectivity index (χ1v) is 8.68. The number of nitrogens with zero attached hydrogens (tertiary/aromatic N) is 1. The van der Waals surface area contributed by atoms with Crippen molar-refractivity contribution in [2.45, 2.75) is 16.8 Å². The van der Waals surface area contributed by atoms with Gasteiger partial charge in [-0.1, -0.05) is 41.9 Å². The van der Waals surface area contributed by atoms with Gasteiger partial charge in [-0.3, -0.25) is 0 Å². The molecule has 4 rings (SSSR count). The number of hydrogen-bond donors (Lipinski definition) is 1. The Labute approximate surface area is 143 Å². The molecule has 3 nitrogen and oxygen atoms in total. The molecule has 0 saturated heterocycles. The van der Waals surface area contributed by atoms with Crippen molar-refractivity contribution < 1.29 is 9.84 Å². The van der Waals surface area contributed by atoms with Gasteiger partial charge in [-0.05, 0) is 17.7 Å². The highest BCUT2D eigenvalue weighted by Crippen LogP contribution is 2.44. The number of aliphatic hydroxyl groups is 1. The van der Waals surface area contributed by atoms with Gasteiger partial charge in [0.05, 0.1) is 0 Å². The lowest BCUT2D eigenvalue weighted by molar-refractivity contribution is 0.140. The summed E-state index contributed by atoms with van der Waals surface area (Å²) >= 11 is 7.80. The first-order valence-electron chi connectivity index (χ1n) is 7.32. The van der Waals surface area contributed by atoms with Crippen LogP contribution in [0.2, 0.25) is 5.15 Å². The van der Waals surface area contributed by atoms with Crippen LogP contribution in [0.5, 0.6) is 5.75 Å². The van der Waals surface area contributed by atoms with Gasteiger partial charge in [0.2, 0.25) is 0 Å². The van der Waals surface area contributed by atoms with Gasteiger partial charge >= 0.3 is 0 Å². The van der Waals surface area contributed by atoms with E-state index in [4.69, 9.17) is 16.3 Å². The number of benzene rings is 2. The van der Waals surface area contributed by atoms with Crippen molar-refractivity contribution in [1.29, 1.82) is 0 Å². The van der Waals surface area contributed by atoms with E-state index < -0.39 is 6.10 Å². The van der Waals surface area contributed by atoms with Crippen molar-refractivity contribution in [3.63, 3.8) is 0 Å². The van der Waals surface area contributed by atoms with Crippen LogP contribution in [0.3, 0.4) is 0 Å². The van der Waals surface area contributed by atoms with Gasteiger partial charge in [0.15, 0.2) is 0 Å². The first kappa shape index (κ1) is 14.8. The molecule has 0 amide bonds. The SMILES string of the molecule is OC1COc2c1cc(SCc1ccccc1)c1cc(Cl)ncc21. The molecule has 2 aromatic carbocycles. The molecular formula is C18H14ClNO2S. The fourth-order valence-corrected chi connectivity index (χ4v) is 3.98. The molecule has 0 spiro atoms. The number of fused-ring (bicyclic) bond motifs is 3. The second-order valence-electron chi connectivity index (χ2n) is 5.45. The lowest BCUT2D eigenvalue weighted by Gasteiger charge is -2.11. The Morgan fingerprint density at radius 1 is 1.22 bits per heavy atom. The summed E-state index contributed by atoms with van der Waals surface area (Å²) in [6.07, 6.45) is 1.14. The molecule has 0 saturated carbocycles. The standard InChI is InChI=1S/C18H14ClNO2S/c19-17-7-12-14(8-20-17)18-13(15(21)9-22-18)6-16(12)23-10-11-4-2-1-3-5-11/h1-8,15,21H,9-10H2. The highest BCUT2D eigenvalue weighted by atomic mass is 35.5. The third-order valence-electron chi connectivity index (χ3n) is 3.91. The van der Waals surface area contributed by atoms with Gasteiger partial charge in [0, 0.05) is 33.2 Å². The largest absolute Gasteiger partial charge is 0.489 e. The van der Waals surface area contributed by atoms with Crippen molar-refractivity contribution in [1.82, 2.24) is 4.98 Å². The highest BCUT2D eigenvalue weighted by Gasteiger charge is 2.26. The van der Waals surface area contributed by atoms with Gasteiger partial charge < -0.3 is 9.84 Å². The number of pyridine rings is 1. The second kappa shape index (κ2) is 6.04. The van der Waals surface area contributed by atoms with Gasteiger partial charge in [-0.2, -0.15) is 0 Å². The van der Waals surface area contributed by atoms with Crippen LogP contribution in [0.4, 0.5) is 0 Å². The van der Waals surface area contributed by atoms with Crippen LogP contribution in [0.15, 0.2) is 53.6 Å². The summed E-state index contributed by atoms with van der Waals surface area (Å²) in [6, 6.07) is 14.2. The Balaban J connectivity index is 1.79. The van der Waals surface area contributed by atoms with E-state index in [1.54, 1.807) is 18.0 Å². The zero-order valence-corrected chi connectivity index (χ0v) is 13.8. The number of hydrogen-bond acceptors (Lipinski definition) is 4. The summed E-state index contributed by atoms with van der Waals surface area (Å²) in [4.78, 5) is 5.24. The molecule has 116 valence electrons. The fourth-order valence-electron chi connectivity index (χ4n) is 2.77. The molecule has 0 bridgehead atoms. The summed E-state index contributed by atoms with van der Waals surface area (Å²) in [5.74, 6) is 1.58. The molecule has 23 heavy (non-hydrogen) atoms. The maximum Gasteiger partial charge on any atom is 0.134 e. The van der Waals surface area contributed by atoms with Crippen LogP contribution >= 0.6 is 23.4 Å². The molecule has 0 radical (unpaired) electrons. The molecule has 1 aromatic heterocycles. The molecule has 1 N–H and O–H groups in total. The average molecular weight is 344 g/mol. The minimum absolute atomic E-state index is 0.292. The molecule has 0 aliphatic carbocycles. The van der Waals surface area contributed by atoms with Crippen LogP contribution in [0.1, 0.15) is 17.2 Å². The number of aromatic nitrogens is 1. The van der Waals surface area contributed by atoms with Crippen molar-refractivity contribution in [2.75, 3.05) is 6.61 Å². The molecule has 2 heterocycles. The quantitative estimate of drug-likeness (QED) is 0.557. The highest BCUT2D eigenvalue weighted by molar-refractivity contribution is 7.98. The Morgan fingerprint density at radius 2 is 2.04 bits per heavy atom. The fraction of sp³-hybridized carbons (Fsp3) is 0.167. The second-order valence-corrected chi connectivity index (χ2v) is 6.85. The van der Waals surface area contributed by atoms with Gasteiger partial charge in [-0.25, -0.2) is 4.98 Å². The van der Waals surface area contributed by atoms with Crippen LogP contribution in [0, 0.1) is 0 Å². The molecule has 0 fully saturated rings. The molecule has 1 atom stereocenters. The molecule has 1 unspecified atom stereocenters. The molecule has 1 aliphatic rings. The van der Waals surface area contributed by atoms with Gasteiger partial charge in [-0.15, -0.1) is 11.8 Å². The third-order valence-corrected chi connectivity index (χ3v) is 5.24. The van der Waals surface area contributed by atoms with Gasteiger partial charge in [0.1, 0.15) is 23.6 Å². The van der Waals surface area contributed by atoms with Gasteiger partial charge in [0.25, 0.3) is 0 Å². The maximum absolute atomic E-state index is 10.1. The van der Waals surface area contributed by atoms with E-state index in [1.165, 1.54) is 5.56 Å². The lowest BCUT2D eigenvalue weighted by Crippen LogP contribution is -1.97. The normalized spacial score (nSPS) is 16.3. The number of thioether (sulfide) groups is 1. The zero-order valence-electron chi connectivity index (χ0n) is 12.2. The summed E-state index contributed by atoms with van der Waals surface area (Å²) in [6.45, 7) is 0.292. The van der Waals surface area contributed by atoms with Crippen LogP contribution < -0.4 is 4.74 Å². The average Bonchev–Trinajstić information content (AvgIpc) is 2.94. The smallest absolute Gasteiger partial charge is 0.134 e. The molecule has 3 aromatic rings.